The Morgan fingerprint density at radius 1 is 1.18 bits per heavy atom. The van der Waals surface area contributed by atoms with Crippen molar-refractivity contribution in [3.05, 3.63) is 0 Å². The van der Waals surface area contributed by atoms with Crippen LogP contribution in [0.5, 0.6) is 0 Å². The maximum absolute atomic E-state index is 6.68. The van der Waals surface area contributed by atoms with E-state index in [0.29, 0.717) is 5.67 Å². The summed E-state index contributed by atoms with van der Waals surface area (Å²) in [6.45, 7) is 19.5. The van der Waals surface area contributed by atoms with E-state index < -0.39 is 22.5 Å². The molecule has 102 valence electrons. The van der Waals surface area contributed by atoms with Crippen molar-refractivity contribution in [2.45, 2.75) is 77.2 Å². The second kappa shape index (κ2) is 4.30. The maximum Gasteiger partial charge on any atom is 0.190 e. The second-order valence-electron chi connectivity index (χ2n) is 7.67. The summed E-state index contributed by atoms with van der Waals surface area (Å²) in [4.78, 5) is 0. The maximum atomic E-state index is 6.68. The Morgan fingerprint density at radius 3 is 2.06 bits per heavy atom. The minimum Gasteiger partial charge on any atom is -0.414 e. The normalized spacial score (nSPS) is 36.5. The molecule has 0 amide bonds. The van der Waals surface area contributed by atoms with Gasteiger partial charge in [-0.05, 0) is 32.9 Å². The third kappa shape index (κ3) is 2.36. The van der Waals surface area contributed by atoms with Crippen LogP contribution in [0.1, 0.15) is 27.2 Å². The first-order valence-corrected chi connectivity index (χ1v) is 17.5. The summed E-state index contributed by atoms with van der Waals surface area (Å²) in [5, 5.41) is 0. The molecule has 5 heteroatoms. The number of rotatable bonds is 2. The smallest absolute Gasteiger partial charge is 0.190 e. The van der Waals surface area contributed by atoms with Gasteiger partial charge in [0.1, 0.15) is 0 Å². The van der Waals surface area contributed by atoms with Crippen molar-refractivity contribution < 1.29 is 4.43 Å². The number of nitrogens with two attached hydrogens (primary N) is 1. The van der Waals surface area contributed by atoms with Gasteiger partial charge in [-0.2, -0.15) is 0 Å². The van der Waals surface area contributed by atoms with Crippen LogP contribution in [0.3, 0.4) is 0 Å². The molecule has 2 atom stereocenters. The summed E-state index contributed by atoms with van der Waals surface area (Å²) in [5.74, 6) is 0. The average Bonchev–Trinajstić information content (AvgIpc) is 2.11. The number of hydrogen-bond acceptors (Lipinski definition) is 2. The summed E-state index contributed by atoms with van der Waals surface area (Å²) in [7, 11) is -4.25. The zero-order chi connectivity index (χ0) is 13.7. The molecule has 0 radical (unpaired) electrons. The van der Waals surface area contributed by atoms with E-state index in [9.17, 15) is 0 Å². The van der Waals surface area contributed by atoms with Crippen molar-refractivity contribution in [2.24, 2.45) is 5.73 Å². The molecule has 0 aliphatic carbocycles. The first kappa shape index (κ1) is 15.6. The lowest BCUT2D eigenvalue weighted by molar-refractivity contribution is 0.116. The average molecular weight is 290 g/mol. The van der Waals surface area contributed by atoms with Crippen molar-refractivity contribution in [1.29, 1.82) is 0 Å². The van der Waals surface area contributed by atoms with Gasteiger partial charge >= 0.3 is 0 Å². The van der Waals surface area contributed by atoms with Gasteiger partial charge in [-0.3, -0.25) is 0 Å². The van der Waals surface area contributed by atoms with Crippen molar-refractivity contribution >= 4 is 22.5 Å². The molecule has 0 aromatic carbocycles. The first-order valence-electron chi connectivity index (χ1n) is 6.85. The minimum absolute atomic E-state index is 0.0615. The van der Waals surface area contributed by atoms with E-state index in [4.69, 9.17) is 10.2 Å². The predicted molar refractivity (Wildman–Crippen MR) is 84.8 cm³/mol. The molecule has 0 aromatic heterocycles. The largest absolute Gasteiger partial charge is 0.414 e. The fourth-order valence-corrected chi connectivity index (χ4v) is 37.7. The summed E-state index contributed by atoms with van der Waals surface area (Å²) < 4.78 is 6.68. The Kier molecular flexibility index (Phi) is 3.95. The van der Waals surface area contributed by atoms with Gasteiger partial charge in [0, 0.05) is 18.9 Å². The van der Waals surface area contributed by atoms with Gasteiger partial charge in [0.05, 0.1) is 7.11 Å². The van der Waals surface area contributed by atoms with Crippen LogP contribution in [0.4, 0.5) is 0 Å². The molecule has 0 aromatic rings. The van der Waals surface area contributed by atoms with Crippen LogP contribution in [-0.2, 0) is 4.43 Å². The summed E-state index contributed by atoms with van der Waals surface area (Å²) in [5.41, 5.74) is 6.87. The summed E-state index contributed by atoms with van der Waals surface area (Å²) in [6.07, 6.45) is 1.07. The summed E-state index contributed by atoms with van der Waals surface area (Å²) >= 11 is 0. The van der Waals surface area contributed by atoms with Crippen LogP contribution >= 0.6 is 0 Å². The van der Waals surface area contributed by atoms with Crippen molar-refractivity contribution in [3.63, 3.8) is 0 Å². The molecule has 2 N–H and O–H groups in total. The van der Waals surface area contributed by atoms with E-state index in [1.165, 1.54) is 6.04 Å². The molecule has 0 bridgehead atoms. The van der Waals surface area contributed by atoms with Gasteiger partial charge in [0.2, 0.25) is 0 Å². The molecule has 17 heavy (non-hydrogen) atoms. The van der Waals surface area contributed by atoms with Crippen molar-refractivity contribution in [1.82, 2.24) is 0 Å². The van der Waals surface area contributed by atoms with E-state index in [0.717, 1.165) is 6.42 Å². The lowest BCUT2D eigenvalue weighted by Crippen LogP contribution is -2.83. The van der Waals surface area contributed by atoms with E-state index in [-0.39, 0.29) is 5.60 Å². The highest BCUT2D eigenvalue weighted by Crippen LogP contribution is 2.44. The van der Waals surface area contributed by atoms with E-state index in [2.05, 4.69) is 53.5 Å². The molecule has 1 heterocycles. The van der Waals surface area contributed by atoms with Gasteiger partial charge in [-0.25, -0.2) is 0 Å². The highest BCUT2D eigenvalue weighted by atomic mass is 29.6. The minimum atomic E-state index is -1.76. The van der Waals surface area contributed by atoms with Crippen LogP contribution in [0, 0.1) is 0 Å². The van der Waals surface area contributed by atoms with Crippen LogP contribution in [0.25, 0.3) is 0 Å². The second-order valence-corrected chi connectivity index (χ2v) is 34.2. The van der Waals surface area contributed by atoms with E-state index in [1.807, 2.05) is 0 Å². The van der Waals surface area contributed by atoms with E-state index in [1.54, 1.807) is 0 Å². The summed E-state index contributed by atoms with van der Waals surface area (Å²) in [6, 6.07) is 1.30. The Morgan fingerprint density at radius 2 is 1.65 bits per heavy atom. The Hall–Kier alpha value is 0.571. The molecule has 1 saturated heterocycles. The lowest BCUT2D eigenvalue weighted by atomic mass is 10.2. The monoisotopic (exact) mass is 289 g/mol. The van der Waals surface area contributed by atoms with Crippen molar-refractivity contribution in [3.8, 4) is 0 Å². The zero-order valence-electron chi connectivity index (χ0n) is 13.0. The van der Waals surface area contributed by atoms with E-state index >= 15 is 0 Å². The van der Waals surface area contributed by atoms with Gasteiger partial charge < -0.3 is 10.2 Å². The first-order chi connectivity index (χ1) is 7.40. The Balaban J connectivity index is 3.26. The molecule has 1 aliphatic rings. The molecule has 1 fully saturated rings. The highest BCUT2D eigenvalue weighted by molar-refractivity contribution is 7.68. The third-order valence-electron chi connectivity index (χ3n) is 5.44. The predicted octanol–water partition coefficient (Wildman–Crippen LogP) is 3.22. The quantitative estimate of drug-likeness (QED) is 0.792. The van der Waals surface area contributed by atoms with Gasteiger partial charge in [0.15, 0.2) is 7.83 Å². The van der Waals surface area contributed by atoms with Crippen LogP contribution in [0.15, 0.2) is 0 Å². The van der Waals surface area contributed by atoms with Gasteiger partial charge in [0.25, 0.3) is 0 Å². The Labute approximate surface area is 110 Å². The Bertz CT molecular complexity index is 304. The molecule has 1 rings (SSSR count). The molecular weight excluding hydrogens is 258 g/mol. The fraction of sp³-hybridized carbons (Fsp3) is 1.00. The van der Waals surface area contributed by atoms with Crippen molar-refractivity contribution in [2.75, 3.05) is 0 Å². The molecule has 0 saturated carbocycles. The SMILES string of the molecule is CCC(N)[Si]1(C)OC(C)(C)C[Si](C)(C)[Si]1(C)C. The molecule has 2 unspecified atom stereocenters. The molecule has 0 spiro atoms. The fourth-order valence-electron chi connectivity index (χ4n) is 3.62. The van der Waals surface area contributed by atoms with Crippen LogP contribution in [0.2, 0.25) is 38.8 Å². The topological polar surface area (TPSA) is 35.2 Å². The molecule has 2 nitrogen and oxygen atoms in total. The molecule has 1 aliphatic heterocycles. The third-order valence-corrected chi connectivity index (χ3v) is 45.9. The zero-order valence-corrected chi connectivity index (χ0v) is 16.0. The highest BCUT2D eigenvalue weighted by Gasteiger charge is 2.64. The lowest BCUT2D eigenvalue weighted by Gasteiger charge is -2.60. The number of hydrogen-bond donors (Lipinski definition) is 1. The van der Waals surface area contributed by atoms with Gasteiger partial charge in [-0.1, -0.05) is 33.1 Å². The van der Waals surface area contributed by atoms with Crippen LogP contribution in [-0.4, -0.2) is 33.8 Å². The standard InChI is InChI=1S/C12H31NOSi3/c1-9-11(13)17(8)14-12(2,3)10-15(4,5)16(17,6)7/h11H,9-10,13H2,1-8H3. The van der Waals surface area contributed by atoms with Gasteiger partial charge in [-0.15, -0.1) is 0 Å². The van der Waals surface area contributed by atoms with Crippen LogP contribution < -0.4 is 5.73 Å². The molecular formula is C12H31NOSi3.